The summed E-state index contributed by atoms with van der Waals surface area (Å²) in [5, 5.41) is 9.84. The van der Waals surface area contributed by atoms with Gasteiger partial charge in [-0.2, -0.15) is 13.2 Å². The van der Waals surface area contributed by atoms with Crippen LogP contribution < -0.4 is 5.32 Å². The molecule has 28 heavy (non-hydrogen) atoms. The Labute approximate surface area is 164 Å². The van der Waals surface area contributed by atoms with E-state index in [4.69, 9.17) is 16.0 Å². The van der Waals surface area contributed by atoms with Gasteiger partial charge in [0.1, 0.15) is 0 Å². The summed E-state index contributed by atoms with van der Waals surface area (Å²) in [4.78, 5) is 16.3. The van der Waals surface area contributed by atoms with E-state index in [1.165, 1.54) is 6.07 Å². The van der Waals surface area contributed by atoms with Gasteiger partial charge in [0.15, 0.2) is 0 Å². The van der Waals surface area contributed by atoms with Gasteiger partial charge in [-0.25, -0.2) is 0 Å². The summed E-state index contributed by atoms with van der Waals surface area (Å²) in [6.07, 6.45) is -4.58. The monoisotopic (exact) mass is 417 g/mol. The first-order valence-corrected chi connectivity index (χ1v) is 8.99. The molecule has 1 N–H and O–H groups in total. The summed E-state index contributed by atoms with van der Waals surface area (Å²) in [5.41, 5.74) is -0.913. The van der Waals surface area contributed by atoms with Crippen molar-refractivity contribution in [1.29, 1.82) is 0 Å². The fraction of sp³-hybridized carbons (Fsp3) is 0.471. The summed E-state index contributed by atoms with van der Waals surface area (Å²) in [6.45, 7) is 5.10. The maximum absolute atomic E-state index is 12.9. The van der Waals surface area contributed by atoms with Crippen LogP contribution in [0.2, 0.25) is 5.02 Å². The number of piperazine rings is 1. The molecule has 0 unspecified atom stereocenters. The van der Waals surface area contributed by atoms with Crippen molar-refractivity contribution >= 4 is 23.2 Å². The first-order valence-electron chi connectivity index (χ1n) is 8.61. The highest BCUT2D eigenvalue weighted by atomic mass is 35.5. The SMILES string of the molecule is Cc1nnc(CN2CCN(CC(=O)Nc3ccc(Cl)c(C(F)(F)F)c3)CC2)o1. The average molecular weight is 418 g/mol. The maximum Gasteiger partial charge on any atom is 0.417 e. The normalized spacial score (nSPS) is 16.3. The van der Waals surface area contributed by atoms with Gasteiger partial charge in [-0.1, -0.05) is 11.6 Å². The molecule has 2 aromatic rings. The molecule has 1 aliphatic heterocycles. The predicted molar refractivity (Wildman–Crippen MR) is 95.8 cm³/mol. The zero-order valence-corrected chi connectivity index (χ0v) is 15.8. The fourth-order valence-electron chi connectivity index (χ4n) is 2.92. The van der Waals surface area contributed by atoms with Crippen molar-refractivity contribution in [1.82, 2.24) is 20.0 Å². The number of nitrogens with one attached hydrogen (secondary N) is 1. The highest BCUT2D eigenvalue weighted by Crippen LogP contribution is 2.36. The molecular formula is C17H19ClF3N5O2. The minimum absolute atomic E-state index is 0.0622. The van der Waals surface area contributed by atoms with Crippen molar-refractivity contribution < 1.29 is 22.4 Å². The second kappa shape index (κ2) is 8.46. The first-order chi connectivity index (χ1) is 13.2. The van der Waals surface area contributed by atoms with Crippen molar-refractivity contribution in [2.75, 3.05) is 38.0 Å². The molecule has 2 heterocycles. The highest BCUT2D eigenvalue weighted by molar-refractivity contribution is 6.31. The lowest BCUT2D eigenvalue weighted by atomic mass is 10.2. The molecule has 1 fully saturated rings. The summed E-state index contributed by atoms with van der Waals surface area (Å²) in [7, 11) is 0. The number of rotatable bonds is 5. The lowest BCUT2D eigenvalue weighted by molar-refractivity contribution is -0.137. The van der Waals surface area contributed by atoms with Gasteiger partial charge < -0.3 is 9.73 Å². The number of carbonyl (C=O) groups is 1. The molecular weight excluding hydrogens is 399 g/mol. The van der Waals surface area contributed by atoms with Crippen LogP contribution in [0.25, 0.3) is 0 Å². The summed E-state index contributed by atoms with van der Waals surface area (Å²) in [5.74, 6) is 0.685. The van der Waals surface area contributed by atoms with Crippen molar-refractivity contribution in [2.24, 2.45) is 0 Å². The standard InChI is InChI=1S/C17H19ClF3N5O2/c1-11-23-24-16(28-11)10-26-6-4-25(5-7-26)9-15(27)22-12-2-3-14(18)13(8-12)17(19,20)21/h2-3,8H,4-7,9-10H2,1H3,(H,22,27). The number of aromatic nitrogens is 2. The van der Waals surface area contributed by atoms with E-state index in [0.717, 1.165) is 12.1 Å². The van der Waals surface area contributed by atoms with Crippen molar-refractivity contribution in [2.45, 2.75) is 19.6 Å². The van der Waals surface area contributed by atoms with Crippen LogP contribution in [-0.4, -0.2) is 58.6 Å². The van der Waals surface area contributed by atoms with Crippen LogP contribution in [0.1, 0.15) is 17.3 Å². The molecule has 0 radical (unpaired) electrons. The number of alkyl halides is 3. The lowest BCUT2D eigenvalue weighted by Crippen LogP contribution is -2.48. The van der Waals surface area contributed by atoms with Crippen LogP contribution in [0.15, 0.2) is 22.6 Å². The third-order valence-corrected chi connectivity index (χ3v) is 4.64. The molecule has 3 rings (SSSR count). The minimum atomic E-state index is -4.58. The molecule has 1 amide bonds. The topological polar surface area (TPSA) is 74.5 Å². The van der Waals surface area contributed by atoms with Crippen LogP contribution >= 0.6 is 11.6 Å². The van der Waals surface area contributed by atoms with Gasteiger partial charge in [-0.3, -0.25) is 14.6 Å². The summed E-state index contributed by atoms with van der Waals surface area (Å²) < 4.78 is 44.1. The van der Waals surface area contributed by atoms with Gasteiger partial charge in [0.05, 0.1) is 23.7 Å². The summed E-state index contributed by atoms with van der Waals surface area (Å²) in [6, 6.07) is 3.31. The molecule has 1 aliphatic rings. The Morgan fingerprint density at radius 2 is 1.89 bits per heavy atom. The molecule has 0 bridgehead atoms. The number of carbonyl (C=O) groups excluding carboxylic acids is 1. The Morgan fingerprint density at radius 1 is 1.21 bits per heavy atom. The molecule has 11 heteroatoms. The molecule has 1 saturated heterocycles. The van der Waals surface area contributed by atoms with E-state index in [0.29, 0.717) is 44.5 Å². The number of hydrogen-bond acceptors (Lipinski definition) is 6. The van der Waals surface area contributed by atoms with Crippen molar-refractivity contribution in [3.8, 4) is 0 Å². The quantitative estimate of drug-likeness (QED) is 0.806. The second-order valence-electron chi connectivity index (χ2n) is 6.51. The Morgan fingerprint density at radius 3 is 2.50 bits per heavy atom. The summed E-state index contributed by atoms with van der Waals surface area (Å²) >= 11 is 5.59. The van der Waals surface area contributed by atoms with Crippen LogP contribution in [0.3, 0.4) is 0 Å². The molecule has 7 nitrogen and oxygen atoms in total. The zero-order valence-electron chi connectivity index (χ0n) is 15.1. The van der Waals surface area contributed by atoms with E-state index in [9.17, 15) is 18.0 Å². The fourth-order valence-corrected chi connectivity index (χ4v) is 3.15. The number of anilines is 1. The predicted octanol–water partition coefficient (Wildman–Crippen LogP) is 2.81. The van der Waals surface area contributed by atoms with Crippen LogP contribution in [0.4, 0.5) is 18.9 Å². The van der Waals surface area contributed by atoms with E-state index < -0.39 is 16.8 Å². The van der Waals surface area contributed by atoms with Gasteiger partial charge >= 0.3 is 6.18 Å². The molecule has 0 atom stereocenters. The minimum Gasteiger partial charge on any atom is -0.424 e. The Bertz CT molecular complexity index is 834. The highest BCUT2D eigenvalue weighted by Gasteiger charge is 2.33. The average Bonchev–Trinajstić information content (AvgIpc) is 3.02. The van der Waals surface area contributed by atoms with E-state index in [2.05, 4.69) is 20.4 Å². The Kier molecular flexibility index (Phi) is 6.21. The van der Waals surface area contributed by atoms with E-state index in [-0.39, 0.29) is 18.1 Å². The van der Waals surface area contributed by atoms with Gasteiger partial charge in [0.2, 0.25) is 17.7 Å². The molecule has 0 saturated carbocycles. The van der Waals surface area contributed by atoms with Crippen molar-refractivity contribution in [3.05, 3.63) is 40.6 Å². The zero-order chi connectivity index (χ0) is 20.3. The number of hydrogen-bond donors (Lipinski definition) is 1. The molecule has 1 aromatic carbocycles. The number of aryl methyl sites for hydroxylation is 1. The Balaban J connectivity index is 1.48. The Hall–Kier alpha value is -2.17. The number of nitrogens with zero attached hydrogens (tertiary/aromatic N) is 4. The number of halogens is 4. The van der Waals surface area contributed by atoms with Gasteiger partial charge in [0, 0.05) is 38.8 Å². The molecule has 0 aliphatic carbocycles. The lowest BCUT2D eigenvalue weighted by Gasteiger charge is -2.33. The molecule has 1 aromatic heterocycles. The van der Waals surface area contributed by atoms with Crippen LogP contribution in [0.5, 0.6) is 0 Å². The third-order valence-electron chi connectivity index (χ3n) is 4.31. The van der Waals surface area contributed by atoms with Crippen LogP contribution in [-0.2, 0) is 17.5 Å². The van der Waals surface area contributed by atoms with E-state index in [1.807, 2.05) is 4.90 Å². The van der Waals surface area contributed by atoms with Gasteiger partial charge in [-0.15, -0.1) is 10.2 Å². The molecule has 0 spiro atoms. The van der Waals surface area contributed by atoms with Crippen molar-refractivity contribution in [3.63, 3.8) is 0 Å². The third kappa shape index (κ3) is 5.43. The smallest absolute Gasteiger partial charge is 0.417 e. The number of amides is 1. The first kappa shape index (κ1) is 20.6. The largest absolute Gasteiger partial charge is 0.424 e. The number of benzene rings is 1. The van der Waals surface area contributed by atoms with Crippen LogP contribution in [0, 0.1) is 6.92 Å². The molecule has 152 valence electrons. The maximum atomic E-state index is 12.9. The second-order valence-corrected chi connectivity index (χ2v) is 6.91. The van der Waals surface area contributed by atoms with Gasteiger partial charge in [-0.05, 0) is 18.2 Å². The van der Waals surface area contributed by atoms with E-state index in [1.54, 1.807) is 6.92 Å². The van der Waals surface area contributed by atoms with E-state index >= 15 is 0 Å². The van der Waals surface area contributed by atoms with Gasteiger partial charge in [0.25, 0.3) is 0 Å².